The number of nitrogens with zero attached hydrogens (tertiary/aromatic N) is 1. The monoisotopic (exact) mass is 260 g/mol. The Kier molecular flexibility index (Phi) is 4.00. The van der Waals surface area contributed by atoms with Crippen LogP contribution < -0.4 is 5.73 Å². The van der Waals surface area contributed by atoms with Crippen molar-refractivity contribution in [3.63, 3.8) is 0 Å². The number of hydrogen-bond donors (Lipinski definition) is 1. The third-order valence-electron chi connectivity index (χ3n) is 3.60. The summed E-state index contributed by atoms with van der Waals surface area (Å²) in [4.78, 5) is 24.9. The zero-order chi connectivity index (χ0) is 14.0. The maximum Gasteiger partial charge on any atom is 0.229 e. The largest absolute Gasteiger partial charge is 0.322 e. The summed E-state index contributed by atoms with van der Waals surface area (Å²) < 4.78 is 0. The van der Waals surface area contributed by atoms with Crippen LogP contribution in [0.25, 0.3) is 0 Å². The van der Waals surface area contributed by atoms with Crippen LogP contribution in [0.5, 0.6) is 0 Å². The molecule has 2 amide bonds. The average Bonchev–Trinajstić information content (AvgIpc) is 2.37. The summed E-state index contributed by atoms with van der Waals surface area (Å²) >= 11 is 0. The molecule has 2 rings (SSSR count). The lowest BCUT2D eigenvalue weighted by atomic mass is 9.98. The van der Waals surface area contributed by atoms with Gasteiger partial charge in [-0.15, -0.1) is 0 Å². The van der Waals surface area contributed by atoms with E-state index < -0.39 is 0 Å². The van der Waals surface area contributed by atoms with Gasteiger partial charge in [0.2, 0.25) is 11.8 Å². The predicted molar refractivity (Wildman–Crippen MR) is 73.4 cm³/mol. The summed E-state index contributed by atoms with van der Waals surface area (Å²) in [7, 11) is 0. The van der Waals surface area contributed by atoms with E-state index >= 15 is 0 Å². The standard InChI is InChI=1S/C15H20N2O2/c1-10-6-7-11(2)12(8-10)13(16)9-17-14(18)4-3-5-15(17)19/h6-8,13H,3-5,9,16H2,1-2H3. The number of likely N-dealkylation sites (tertiary alicyclic amines) is 1. The smallest absolute Gasteiger partial charge is 0.229 e. The third kappa shape index (κ3) is 3.01. The van der Waals surface area contributed by atoms with Crippen molar-refractivity contribution in [3.05, 3.63) is 34.9 Å². The van der Waals surface area contributed by atoms with Crippen LogP contribution in [0.15, 0.2) is 18.2 Å². The van der Waals surface area contributed by atoms with E-state index in [4.69, 9.17) is 5.73 Å². The van der Waals surface area contributed by atoms with Crippen LogP contribution in [-0.4, -0.2) is 23.3 Å². The zero-order valence-corrected chi connectivity index (χ0v) is 11.5. The second-order valence-corrected chi connectivity index (χ2v) is 5.22. The number of aryl methyl sites for hydroxylation is 2. The molecule has 0 spiro atoms. The molecule has 0 radical (unpaired) electrons. The minimum absolute atomic E-state index is 0.1000. The van der Waals surface area contributed by atoms with Crippen molar-refractivity contribution in [2.45, 2.75) is 39.2 Å². The molecule has 19 heavy (non-hydrogen) atoms. The molecule has 4 heteroatoms. The lowest BCUT2D eigenvalue weighted by Crippen LogP contribution is -2.44. The first kappa shape index (κ1) is 13.7. The zero-order valence-electron chi connectivity index (χ0n) is 11.5. The van der Waals surface area contributed by atoms with Crippen LogP contribution in [0, 0.1) is 13.8 Å². The van der Waals surface area contributed by atoms with Crippen LogP contribution in [0.1, 0.15) is 42.0 Å². The molecule has 0 aromatic heterocycles. The van der Waals surface area contributed by atoms with E-state index in [1.54, 1.807) is 0 Å². The molecule has 1 aromatic rings. The lowest BCUT2D eigenvalue weighted by Gasteiger charge is -2.28. The molecule has 1 unspecified atom stereocenters. The van der Waals surface area contributed by atoms with Crippen molar-refractivity contribution in [2.75, 3.05) is 6.54 Å². The molecule has 4 nitrogen and oxygen atoms in total. The third-order valence-corrected chi connectivity index (χ3v) is 3.60. The molecular formula is C15H20N2O2. The van der Waals surface area contributed by atoms with Gasteiger partial charge in [0.1, 0.15) is 0 Å². The van der Waals surface area contributed by atoms with Gasteiger partial charge in [-0.3, -0.25) is 14.5 Å². The Morgan fingerprint density at radius 3 is 2.47 bits per heavy atom. The molecule has 1 aliphatic rings. The molecule has 1 fully saturated rings. The highest BCUT2D eigenvalue weighted by atomic mass is 16.2. The quantitative estimate of drug-likeness (QED) is 0.843. The lowest BCUT2D eigenvalue weighted by molar-refractivity contribution is -0.148. The number of carbonyl (C=O) groups excluding carboxylic acids is 2. The van der Waals surface area contributed by atoms with E-state index in [0.29, 0.717) is 19.3 Å². The SMILES string of the molecule is Cc1ccc(C)c(C(N)CN2C(=O)CCCC2=O)c1. The topological polar surface area (TPSA) is 63.4 Å². The Morgan fingerprint density at radius 2 is 1.84 bits per heavy atom. The van der Waals surface area contributed by atoms with Crippen molar-refractivity contribution in [1.82, 2.24) is 4.90 Å². The molecule has 1 saturated heterocycles. The number of imide groups is 1. The highest BCUT2D eigenvalue weighted by Gasteiger charge is 2.27. The molecule has 1 heterocycles. The number of carbonyl (C=O) groups is 2. The fourth-order valence-corrected chi connectivity index (χ4v) is 2.46. The van der Waals surface area contributed by atoms with Gasteiger partial charge in [-0.1, -0.05) is 23.8 Å². The fraction of sp³-hybridized carbons (Fsp3) is 0.467. The number of nitrogens with two attached hydrogens (primary N) is 1. The highest BCUT2D eigenvalue weighted by Crippen LogP contribution is 2.21. The number of amides is 2. The molecule has 0 bridgehead atoms. The number of hydrogen-bond acceptors (Lipinski definition) is 3. The number of piperidine rings is 1. The summed E-state index contributed by atoms with van der Waals surface area (Å²) in [6.45, 7) is 4.28. The predicted octanol–water partition coefficient (Wildman–Crippen LogP) is 1.84. The second-order valence-electron chi connectivity index (χ2n) is 5.22. The van der Waals surface area contributed by atoms with Crippen molar-refractivity contribution in [1.29, 1.82) is 0 Å². The summed E-state index contributed by atoms with van der Waals surface area (Å²) in [5.41, 5.74) is 9.40. The van der Waals surface area contributed by atoms with Gasteiger partial charge in [-0.05, 0) is 31.4 Å². The van der Waals surface area contributed by atoms with E-state index in [2.05, 4.69) is 0 Å². The van der Waals surface area contributed by atoms with Gasteiger partial charge in [0.15, 0.2) is 0 Å². The van der Waals surface area contributed by atoms with Crippen molar-refractivity contribution >= 4 is 11.8 Å². The Bertz CT molecular complexity index is 495. The van der Waals surface area contributed by atoms with Gasteiger partial charge in [-0.25, -0.2) is 0 Å². The molecule has 102 valence electrons. The summed E-state index contributed by atoms with van der Waals surface area (Å²) in [6, 6.07) is 5.76. The average molecular weight is 260 g/mol. The summed E-state index contributed by atoms with van der Waals surface area (Å²) in [5.74, 6) is -0.200. The van der Waals surface area contributed by atoms with E-state index in [0.717, 1.165) is 16.7 Å². The minimum atomic E-state index is -0.314. The van der Waals surface area contributed by atoms with Gasteiger partial charge in [0.05, 0.1) is 0 Å². The van der Waals surface area contributed by atoms with E-state index in [1.165, 1.54) is 4.90 Å². The molecule has 0 saturated carbocycles. The van der Waals surface area contributed by atoms with Crippen molar-refractivity contribution in [3.8, 4) is 0 Å². The van der Waals surface area contributed by atoms with Crippen LogP contribution in [0.4, 0.5) is 0 Å². The van der Waals surface area contributed by atoms with Crippen LogP contribution in [-0.2, 0) is 9.59 Å². The first-order valence-electron chi connectivity index (χ1n) is 6.65. The Hall–Kier alpha value is -1.68. The number of rotatable bonds is 3. The van der Waals surface area contributed by atoms with E-state index in [-0.39, 0.29) is 24.4 Å². The normalized spacial score (nSPS) is 17.7. The van der Waals surface area contributed by atoms with Gasteiger partial charge in [-0.2, -0.15) is 0 Å². The molecule has 2 N–H and O–H groups in total. The maximum absolute atomic E-state index is 11.8. The minimum Gasteiger partial charge on any atom is -0.322 e. The van der Waals surface area contributed by atoms with E-state index in [1.807, 2.05) is 32.0 Å². The maximum atomic E-state index is 11.8. The Balaban J connectivity index is 2.16. The van der Waals surface area contributed by atoms with Gasteiger partial charge in [0.25, 0.3) is 0 Å². The van der Waals surface area contributed by atoms with Gasteiger partial charge in [0, 0.05) is 25.4 Å². The molecule has 0 aliphatic carbocycles. The molecule has 1 aliphatic heterocycles. The highest BCUT2D eigenvalue weighted by molar-refractivity contribution is 5.97. The molecular weight excluding hydrogens is 240 g/mol. The van der Waals surface area contributed by atoms with Crippen LogP contribution >= 0.6 is 0 Å². The van der Waals surface area contributed by atoms with Crippen molar-refractivity contribution in [2.24, 2.45) is 5.73 Å². The van der Waals surface area contributed by atoms with E-state index in [9.17, 15) is 9.59 Å². The Morgan fingerprint density at radius 1 is 1.21 bits per heavy atom. The van der Waals surface area contributed by atoms with Crippen LogP contribution in [0.2, 0.25) is 0 Å². The van der Waals surface area contributed by atoms with Gasteiger partial charge >= 0.3 is 0 Å². The number of benzene rings is 1. The summed E-state index contributed by atoms with van der Waals surface area (Å²) in [5, 5.41) is 0. The summed E-state index contributed by atoms with van der Waals surface area (Å²) in [6.07, 6.45) is 1.56. The fourth-order valence-electron chi connectivity index (χ4n) is 2.46. The molecule has 1 atom stereocenters. The van der Waals surface area contributed by atoms with Gasteiger partial charge < -0.3 is 5.73 Å². The Labute approximate surface area is 113 Å². The molecule has 1 aromatic carbocycles. The first-order chi connectivity index (χ1) is 8.99. The first-order valence-corrected chi connectivity index (χ1v) is 6.65. The van der Waals surface area contributed by atoms with Crippen molar-refractivity contribution < 1.29 is 9.59 Å². The van der Waals surface area contributed by atoms with Crippen LogP contribution in [0.3, 0.4) is 0 Å². The second kappa shape index (κ2) is 5.53.